The minimum Gasteiger partial charge on any atom is -0.469 e. The maximum Gasteiger partial charge on any atom is 0.257 e. The second kappa shape index (κ2) is 5.54. The van der Waals surface area contributed by atoms with E-state index in [-0.39, 0.29) is 18.1 Å². The largest absolute Gasteiger partial charge is 0.469 e. The first-order valence-electron chi connectivity index (χ1n) is 6.25. The molecule has 1 amide bonds. The van der Waals surface area contributed by atoms with Gasteiger partial charge in [0.1, 0.15) is 5.76 Å². The van der Waals surface area contributed by atoms with Crippen LogP contribution in [0.5, 0.6) is 0 Å². The molecule has 0 radical (unpaired) electrons. The summed E-state index contributed by atoms with van der Waals surface area (Å²) in [4.78, 5) is 14.3. The van der Waals surface area contributed by atoms with Crippen molar-refractivity contribution >= 4 is 5.91 Å². The van der Waals surface area contributed by atoms with E-state index >= 15 is 0 Å². The van der Waals surface area contributed by atoms with Gasteiger partial charge in [0.2, 0.25) is 0 Å². The Balaban J connectivity index is 2.13. The number of nitrogens with two attached hydrogens (primary N) is 1. The van der Waals surface area contributed by atoms with E-state index in [0.717, 1.165) is 12.8 Å². The van der Waals surface area contributed by atoms with Crippen LogP contribution in [0.15, 0.2) is 16.7 Å². The minimum absolute atomic E-state index is 0.00579. The molecule has 1 aliphatic rings. The van der Waals surface area contributed by atoms with Gasteiger partial charge in [-0.15, -0.1) is 0 Å². The predicted octanol–water partition coefficient (Wildman–Crippen LogP) is 1.17. The lowest BCUT2D eigenvalue weighted by atomic mass is 9.98. The van der Waals surface area contributed by atoms with E-state index < -0.39 is 0 Å². The first-order chi connectivity index (χ1) is 8.67. The van der Waals surface area contributed by atoms with Crippen LogP contribution in [-0.2, 0) is 4.74 Å². The quantitative estimate of drug-likeness (QED) is 0.876. The molecule has 5 heteroatoms. The van der Waals surface area contributed by atoms with Crippen LogP contribution in [0, 0.1) is 6.92 Å². The molecule has 0 bridgehead atoms. The van der Waals surface area contributed by atoms with E-state index in [4.69, 9.17) is 14.9 Å². The molecular formula is C13H20N2O3. The van der Waals surface area contributed by atoms with Crippen LogP contribution in [0.4, 0.5) is 0 Å². The Labute approximate surface area is 107 Å². The number of likely N-dealkylation sites (tertiary alicyclic amines) is 1. The molecule has 0 spiro atoms. The Morgan fingerprint density at radius 3 is 3.00 bits per heavy atom. The molecule has 1 aliphatic heterocycles. The van der Waals surface area contributed by atoms with Crippen LogP contribution >= 0.6 is 0 Å². The van der Waals surface area contributed by atoms with Gasteiger partial charge in [-0.1, -0.05) is 0 Å². The summed E-state index contributed by atoms with van der Waals surface area (Å²) >= 11 is 0. The average Bonchev–Trinajstić information content (AvgIpc) is 2.83. The Morgan fingerprint density at radius 2 is 2.44 bits per heavy atom. The summed E-state index contributed by atoms with van der Waals surface area (Å²) in [5.41, 5.74) is 6.40. The van der Waals surface area contributed by atoms with E-state index in [0.29, 0.717) is 24.4 Å². The van der Waals surface area contributed by atoms with Crippen LogP contribution in [0.3, 0.4) is 0 Å². The van der Waals surface area contributed by atoms with E-state index in [9.17, 15) is 4.79 Å². The molecule has 0 aromatic carbocycles. The number of carbonyl (C=O) groups is 1. The number of carbonyl (C=O) groups excluding carboxylic acids is 1. The molecule has 18 heavy (non-hydrogen) atoms. The molecule has 1 fully saturated rings. The molecular weight excluding hydrogens is 232 g/mol. The zero-order chi connectivity index (χ0) is 13.1. The number of nitrogens with zero attached hydrogens (tertiary/aromatic N) is 1. The van der Waals surface area contributed by atoms with Crippen LogP contribution in [0.25, 0.3) is 0 Å². The average molecular weight is 252 g/mol. The molecule has 1 aromatic heterocycles. The molecule has 1 saturated heterocycles. The molecule has 1 aromatic rings. The summed E-state index contributed by atoms with van der Waals surface area (Å²) in [6.45, 7) is 2.94. The fourth-order valence-corrected chi connectivity index (χ4v) is 2.48. The van der Waals surface area contributed by atoms with Gasteiger partial charge in [-0.05, 0) is 25.8 Å². The van der Waals surface area contributed by atoms with E-state index in [1.165, 1.54) is 0 Å². The van der Waals surface area contributed by atoms with E-state index in [2.05, 4.69) is 0 Å². The van der Waals surface area contributed by atoms with Crippen molar-refractivity contribution in [1.82, 2.24) is 4.90 Å². The Morgan fingerprint density at radius 1 is 1.67 bits per heavy atom. The molecule has 5 nitrogen and oxygen atoms in total. The maximum atomic E-state index is 12.4. The van der Waals surface area contributed by atoms with Crippen molar-refractivity contribution in [3.05, 3.63) is 23.7 Å². The number of hydrogen-bond acceptors (Lipinski definition) is 4. The van der Waals surface area contributed by atoms with E-state index in [1.807, 2.05) is 4.90 Å². The lowest BCUT2D eigenvalue weighted by Gasteiger charge is -2.38. The number of methoxy groups -OCH3 is 1. The number of amides is 1. The highest BCUT2D eigenvalue weighted by Crippen LogP contribution is 2.22. The molecule has 2 atom stereocenters. The van der Waals surface area contributed by atoms with Crippen LogP contribution in [0.2, 0.25) is 0 Å². The van der Waals surface area contributed by atoms with Gasteiger partial charge in [0.05, 0.1) is 17.9 Å². The number of aryl methyl sites for hydroxylation is 1. The van der Waals surface area contributed by atoms with E-state index in [1.54, 1.807) is 26.4 Å². The molecule has 0 saturated carbocycles. The van der Waals surface area contributed by atoms with Gasteiger partial charge in [0.15, 0.2) is 0 Å². The third-order valence-electron chi connectivity index (χ3n) is 3.62. The van der Waals surface area contributed by atoms with Crippen molar-refractivity contribution in [1.29, 1.82) is 0 Å². The van der Waals surface area contributed by atoms with Crippen molar-refractivity contribution in [3.8, 4) is 0 Å². The highest BCUT2D eigenvalue weighted by molar-refractivity contribution is 5.95. The first kappa shape index (κ1) is 13.1. The van der Waals surface area contributed by atoms with Crippen LogP contribution < -0.4 is 5.73 Å². The van der Waals surface area contributed by atoms with Gasteiger partial charge in [0.25, 0.3) is 5.91 Å². The SMILES string of the molecule is CO[C@H]1CCN(C(=O)c2ccoc2C)[C@H](CN)C1. The van der Waals surface area contributed by atoms with Gasteiger partial charge in [-0.2, -0.15) is 0 Å². The second-order valence-electron chi connectivity index (χ2n) is 4.66. The third-order valence-corrected chi connectivity index (χ3v) is 3.62. The molecule has 2 N–H and O–H groups in total. The van der Waals surface area contributed by atoms with Crippen molar-refractivity contribution in [2.24, 2.45) is 5.73 Å². The number of piperidine rings is 1. The number of ether oxygens (including phenoxy) is 1. The highest BCUT2D eigenvalue weighted by Gasteiger charge is 2.32. The number of hydrogen-bond donors (Lipinski definition) is 1. The standard InChI is InChI=1S/C13H20N2O3/c1-9-12(4-6-18-9)13(16)15-5-3-11(17-2)7-10(15)8-14/h4,6,10-11H,3,5,7-8,14H2,1-2H3/t10-,11-/m0/s1. The summed E-state index contributed by atoms with van der Waals surface area (Å²) < 4.78 is 10.5. The summed E-state index contributed by atoms with van der Waals surface area (Å²) in [5, 5.41) is 0. The summed E-state index contributed by atoms with van der Waals surface area (Å²) in [7, 11) is 1.70. The van der Waals surface area contributed by atoms with Gasteiger partial charge < -0.3 is 19.8 Å². The predicted molar refractivity (Wildman–Crippen MR) is 67.4 cm³/mol. The monoisotopic (exact) mass is 252 g/mol. The molecule has 2 rings (SSSR count). The van der Waals surface area contributed by atoms with Gasteiger partial charge in [0, 0.05) is 26.2 Å². The topological polar surface area (TPSA) is 68.7 Å². The molecule has 2 heterocycles. The number of rotatable bonds is 3. The zero-order valence-electron chi connectivity index (χ0n) is 10.9. The fourth-order valence-electron chi connectivity index (χ4n) is 2.48. The van der Waals surface area contributed by atoms with Crippen LogP contribution in [0.1, 0.15) is 29.0 Å². The Kier molecular flexibility index (Phi) is 4.04. The summed E-state index contributed by atoms with van der Waals surface area (Å²) in [5.74, 6) is 0.663. The van der Waals surface area contributed by atoms with Gasteiger partial charge >= 0.3 is 0 Å². The zero-order valence-corrected chi connectivity index (χ0v) is 10.9. The van der Waals surface area contributed by atoms with Crippen molar-refractivity contribution in [3.63, 3.8) is 0 Å². The lowest BCUT2D eigenvalue weighted by molar-refractivity contribution is 0.0138. The van der Waals surface area contributed by atoms with Gasteiger partial charge in [-0.3, -0.25) is 4.79 Å². The van der Waals surface area contributed by atoms with Crippen molar-refractivity contribution < 1.29 is 13.9 Å². The Bertz CT molecular complexity index is 416. The summed E-state index contributed by atoms with van der Waals surface area (Å²) in [6, 6.07) is 1.76. The van der Waals surface area contributed by atoms with Crippen molar-refractivity contribution in [2.45, 2.75) is 31.9 Å². The first-order valence-corrected chi connectivity index (χ1v) is 6.25. The third kappa shape index (κ3) is 2.42. The fraction of sp³-hybridized carbons (Fsp3) is 0.615. The molecule has 0 aliphatic carbocycles. The van der Waals surface area contributed by atoms with Crippen LogP contribution in [-0.4, -0.2) is 43.2 Å². The number of furan rings is 1. The molecule has 100 valence electrons. The maximum absolute atomic E-state index is 12.4. The smallest absolute Gasteiger partial charge is 0.257 e. The minimum atomic E-state index is 0.00579. The van der Waals surface area contributed by atoms with Crippen molar-refractivity contribution in [2.75, 3.05) is 20.2 Å². The van der Waals surface area contributed by atoms with Gasteiger partial charge in [-0.25, -0.2) is 0 Å². The lowest BCUT2D eigenvalue weighted by Crippen LogP contribution is -2.51. The summed E-state index contributed by atoms with van der Waals surface area (Å²) in [6.07, 6.45) is 3.40. The molecule has 0 unspecified atom stereocenters. The Hall–Kier alpha value is -1.33. The normalized spacial score (nSPS) is 24.3. The second-order valence-corrected chi connectivity index (χ2v) is 4.66. The highest BCUT2D eigenvalue weighted by atomic mass is 16.5.